The maximum atomic E-state index is 6.18. The van der Waals surface area contributed by atoms with Gasteiger partial charge in [0, 0.05) is 12.5 Å². The molecule has 2 fully saturated rings. The summed E-state index contributed by atoms with van der Waals surface area (Å²) in [6, 6.07) is 0. The topological polar surface area (TPSA) is 24.5 Å². The Hall–Kier alpha value is -0.120. The summed E-state index contributed by atoms with van der Waals surface area (Å²) in [5, 5.41) is 3.57. The van der Waals surface area contributed by atoms with Gasteiger partial charge in [0.2, 0.25) is 0 Å². The quantitative estimate of drug-likeness (QED) is 0.712. The van der Waals surface area contributed by atoms with Crippen LogP contribution in [0.4, 0.5) is 0 Å². The number of hydrogen-bond donors (Lipinski definition) is 1. The van der Waals surface area contributed by atoms with Gasteiger partial charge in [-0.25, -0.2) is 0 Å². The number of rotatable bonds is 1. The summed E-state index contributed by atoms with van der Waals surface area (Å²) >= 11 is 0. The van der Waals surface area contributed by atoms with E-state index in [1.165, 1.54) is 25.9 Å². The monoisotopic (exact) mass is 212 g/mol. The van der Waals surface area contributed by atoms with Crippen LogP contribution in [0.1, 0.15) is 33.6 Å². The highest BCUT2D eigenvalue weighted by Gasteiger charge is 2.45. The van der Waals surface area contributed by atoms with Gasteiger partial charge in [-0.2, -0.15) is 0 Å². The van der Waals surface area contributed by atoms with E-state index >= 15 is 0 Å². The molecule has 0 aromatic rings. The van der Waals surface area contributed by atoms with Crippen molar-refractivity contribution in [3.8, 4) is 0 Å². The van der Waals surface area contributed by atoms with Crippen LogP contribution >= 0.6 is 0 Å². The minimum Gasteiger partial charge on any atom is -0.353 e. The van der Waals surface area contributed by atoms with Gasteiger partial charge in [0.25, 0.3) is 0 Å². The van der Waals surface area contributed by atoms with Crippen LogP contribution in [0.25, 0.3) is 0 Å². The summed E-state index contributed by atoms with van der Waals surface area (Å²) in [6.45, 7) is 9.92. The molecule has 0 amide bonds. The van der Waals surface area contributed by atoms with Gasteiger partial charge in [0.1, 0.15) is 5.72 Å². The Bertz CT molecular complexity index is 234. The molecule has 0 radical (unpaired) electrons. The lowest BCUT2D eigenvalue weighted by Crippen LogP contribution is -2.49. The third-order valence-corrected chi connectivity index (χ3v) is 3.85. The van der Waals surface area contributed by atoms with E-state index in [1.54, 1.807) is 0 Å². The zero-order valence-electron chi connectivity index (χ0n) is 10.5. The third-order valence-electron chi connectivity index (χ3n) is 3.85. The molecule has 0 bridgehead atoms. The molecule has 15 heavy (non-hydrogen) atoms. The third kappa shape index (κ3) is 2.35. The average molecular weight is 212 g/mol. The Balaban J connectivity index is 1.98. The molecule has 2 heterocycles. The fourth-order valence-corrected chi connectivity index (χ4v) is 2.82. The van der Waals surface area contributed by atoms with Crippen molar-refractivity contribution in [2.45, 2.75) is 44.9 Å². The van der Waals surface area contributed by atoms with Crippen molar-refractivity contribution in [1.82, 2.24) is 10.2 Å². The average Bonchev–Trinajstić information content (AvgIpc) is 2.43. The molecular formula is C12H24N2O. The van der Waals surface area contributed by atoms with Crippen LogP contribution in [0.15, 0.2) is 0 Å². The number of ether oxygens (including phenoxy) is 1. The molecule has 0 spiro atoms. The molecule has 2 saturated heterocycles. The highest BCUT2D eigenvalue weighted by molar-refractivity contribution is 4.95. The van der Waals surface area contributed by atoms with Crippen LogP contribution in [-0.4, -0.2) is 42.9 Å². The molecule has 88 valence electrons. The molecule has 2 aliphatic rings. The van der Waals surface area contributed by atoms with Crippen LogP contribution in [0.2, 0.25) is 0 Å². The number of hydrogen-bond acceptors (Lipinski definition) is 3. The van der Waals surface area contributed by atoms with Gasteiger partial charge in [-0.1, -0.05) is 0 Å². The molecule has 2 rings (SSSR count). The lowest BCUT2D eigenvalue weighted by Gasteiger charge is -2.39. The first-order valence-corrected chi connectivity index (χ1v) is 6.05. The van der Waals surface area contributed by atoms with Gasteiger partial charge in [-0.15, -0.1) is 0 Å². The van der Waals surface area contributed by atoms with Gasteiger partial charge >= 0.3 is 0 Å². The fourth-order valence-electron chi connectivity index (χ4n) is 2.82. The molecule has 3 heteroatoms. The number of likely N-dealkylation sites (tertiary alicyclic amines) is 1. The second-order valence-electron chi connectivity index (χ2n) is 5.90. The first-order chi connectivity index (χ1) is 6.91. The van der Waals surface area contributed by atoms with E-state index in [4.69, 9.17) is 4.74 Å². The largest absolute Gasteiger partial charge is 0.353 e. The molecular weight excluding hydrogens is 188 g/mol. The van der Waals surface area contributed by atoms with Crippen LogP contribution in [0.3, 0.4) is 0 Å². The smallest absolute Gasteiger partial charge is 0.120 e. The molecule has 0 saturated carbocycles. The summed E-state index contributed by atoms with van der Waals surface area (Å²) in [7, 11) is 2.20. The minimum absolute atomic E-state index is 0.00189. The van der Waals surface area contributed by atoms with Crippen molar-refractivity contribution < 1.29 is 4.74 Å². The summed E-state index contributed by atoms with van der Waals surface area (Å²) in [5.74, 6) is 0.662. The van der Waals surface area contributed by atoms with Crippen molar-refractivity contribution in [1.29, 1.82) is 0 Å². The van der Waals surface area contributed by atoms with Gasteiger partial charge < -0.3 is 9.64 Å². The normalized spacial score (nSPS) is 38.4. The van der Waals surface area contributed by atoms with Crippen LogP contribution < -0.4 is 5.32 Å². The van der Waals surface area contributed by atoms with Crippen molar-refractivity contribution in [3.63, 3.8) is 0 Å². The van der Waals surface area contributed by atoms with Crippen molar-refractivity contribution in [3.05, 3.63) is 0 Å². The van der Waals surface area contributed by atoms with Crippen molar-refractivity contribution in [2.75, 3.05) is 26.7 Å². The van der Waals surface area contributed by atoms with Crippen LogP contribution in [0, 0.1) is 5.92 Å². The predicted octanol–water partition coefficient (Wildman–Crippen LogP) is 1.44. The molecule has 1 unspecified atom stereocenters. The van der Waals surface area contributed by atoms with Crippen molar-refractivity contribution >= 4 is 0 Å². The maximum Gasteiger partial charge on any atom is 0.120 e. The first-order valence-electron chi connectivity index (χ1n) is 6.05. The molecule has 0 aliphatic carbocycles. The van der Waals surface area contributed by atoms with E-state index in [1.807, 2.05) is 0 Å². The van der Waals surface area contributed by atoms with Crippen LogP contribution in [0.5, 0.6) is 0 Å². The zero-order chi connectivity index (χ0) is 11.1. The standard InChI is InChI=1S/C12H24N2O/c1-11(2)9-13-12(3,15-11)10-5-7-14(4)8-6-10/h10,13H,5-9H2,1-4H3. The Labute approximate surface area is 93.2 Å². The lowest BCUT2D eigenvalue weighted by atomic mass is 9.87. The van der Waals surface area contributed by atoms with Crippen LogP contribution in [-0.2, 0) is 4.74 Å². The minimum atomic E-state index is -0.0925. The second kappa shape index (κ2) is 3.72. The van der Waals surface area contributed by atoms with E-state index in [0.29, 0.717) is 5.92 Å². The highest BCUT2D eigenvalue weighted by Crippen LogP contribution is 2.36. The van der Waals surface area contributed by atoms with E-state index in [9.17, 15) is 0 Å². The summed E-state index contributed by atoms with van der Waals surface area (Å²) < 4.78 is 6.18. The zero-order valence-corrected chi connectivity index (χ0v) is 10.5. The van der Waals surface area contributed by atoms with Gasteiger partial charge in [-0.05, 0) is 53.8 Å². The molecule has 1 atom stereocenters. The number of piperidine rings is 1. The first kappa shape index (κ1) is 11.4. The molecule has 1 N–H and O–H groups in total. The van der Waals surface area contributed by atoms with E-state index < -0.39 is 0 Å². The van der Waals surface area contributed by atoms with E-state index in [2.05, 4.69) is 38.0 Å². The van der Waals surface area contributed by atoms with Crippen molar-refractivity contribution in [2.24, 2.45) is 5.92 Å². The van der Waals surface area contributed by atoms with Gasteiger partial charge in [0.15, 0.2) is 0 Å². The summed E-state index contributed by atoms with van der Waals surface area (Å²) in [6.07, 6.45) is 2.49. The number of nitrogens with zero attached hydrogens (tertiary/aromatic N) is 1. The Kier molecular flexibility index (Phi) is 2.82. The molecule has 0 aromatic carbocycles. The Morgan fingerprint density at radius 2 is 1.80 bits per heavy atom. The number of nitrogens with one attached hydrogen (secondary N) is 1. The van der Waals surface area contributed by atoms with E-state index in [0.717, 1.165) is 6.54 Å². The molecule has 3 nitrogen and oxygen atoms in total. The maximum absolute atomic E-state index is 6.18. The second-order valence-corrected chi connectivity index (χ2v) is 5.90. The SMILES string of the molecule is CN1CCC(C2(C)NCC(C)(C)O2)CC1. The molecule has 2 aliphatic heterocycles. The lowest BCUT2D eigenvalue weighted by molar-refractivity contribution is -0.122. The summed E-state index contributed by atoms with van der Waals surface area (Å²) in [4.78, 5) is 2.40. The molecule has 0 aromatic heterocycles. The Morgan fingerprint density at radius 3 is 2.27 bits per heavy atom. The van der Waals surface area contributed by atoms with E-state index in [-0.39, 0.29) is 11.3 Å². The van der Waals surface area contributed by atoms with Gasteiger partial charge in [-0.3, -0.25) is 5.32 Å². The highest BCUT2D eigenvalue weighted by atomic mass is 16.5. The van der Waals surface area contributed by atoms with Gasteiger partial charge in [0.05, 0.1) is 5.60 Å². The Morgan fingerprint density at radius 1 is 1.20 bits per heavy atom. The summed E-state index contributed by atoms with van der Waals surface area (Å²) in [5.41, 5.74) is -0.0944. The predicted molar refractivity (Wildman–Crippen MR) is 61.8 cm³/mol. The fraction of sp³-hybridized carbons (Fsp3) is 1.00.